The van der Waals surface area contributed by atoms with Gasteiger partial charge in [-0.1, -0.05) is 11.6 Å². The van der Waals surface area contributed by atoms with Crippen LogP contribution in [0.2, 0.25) is 5.02 Å². The zero-order chi connectivity index (χ0) is 14.0. The number of hydrogen-bond donors (Lipinski definition) is 2. The van der Waals surface area contributed by atoms with Crippen molar-refractivity contribution in [3.63, 3.8) is 0 Å². The normalized spacial score (nSPS) is 23.3. The molecule has 1 saturated heterocycles. The molecule has 6 heteroatoms. The maximum absolute atomic E-state index is 13.4. The first-order chi connectivity index (χ1) is 8.97. The van der Waals surface area contributed by atoms with Crippen LogP contribution in [0, 0.1) is 17.6 Å². The molecular weight excluding hydrogens is 276 g/mol. The Bertz CT molecular complexity index is 473. The van der Waals surface area contributed by atoms with E-state index in [9.17, 15) is 13.6 Å². The molecule has 0 saturated carbocycles. The lowest BCUT2D eigenvalue weighted by molar-refractivity contribution is -0.138. The average molecular weight is 290 g/mol. The smallest absolute Gasteiger partial charge is 0.303 e. The largest absolute Gasteiger partial charge is 0.481 e. The highest BCUT2D eigenvalue weighted by Crippen LogP contribution is 2.31. The number of carboxylic acids is 1. The Morgan fingerprint density at radius 3 is 2.63 bits per heavy atom. The number of hydrogen-bond acceptors (Lipinski definition) is 2. The third kappa shape index (κ3) is 3.42. The van der Waals surface area contributed by atoms with Gasteiger partial charge in [-0.3, -0.25) is 4.79 Å². The van der Waals surface area contributed by atoms with Crippen molar-refractivity contribution in [2.24, 2.45) is 5.92 Å². The van der Waals surface area contributed by atoms with Crippen LogP contribution in [0.1, 0.15) is 30.9 Å². The van der Waals surface area contributed by atoms with Gasteiger partial charge in [-0.25, -0.2) is 8.78 Å². The van der Waals surface area contributed by atoms with Crippen LogP contribution in [0.5, 0.6) is 0 Å². The molecule has 0 amide bonds. The molecule has 0 aromatic heterocycles. The molecule has 1 aliphatic rings. The Kier molecular flexibility index (Phi) is 4.37. The molecular formula is C13H14ClF2NO2. The van der Waals surface area contributed by atoms with Gasteiger partial charge >= 0.3 is 5.97 Å². The number of piperidine rings is 1. The van der Waals surface area contributed by atoms with E-state index in [0.717, 1.165) is 6.42 Å². The van der Waals surface area contributed by atoms with Crippen molar-refractivity contribution in [2.75, 3.05) is 6.54 Å². The SMILES string of the molecule is O=C(O)CC1CCNC(c2cc(F)c(Cl)c(F)c2)C1. The summed E-state index contributed by atoms with van der Waals surface area (Å²) in [7, 11) is 0. The predicted octanol–water partition coefficient (Wildman–Crippen LogP) is 3.13. The van der Waals surface area contributed by atoms with Crippen molar-refractivity contribution in [2.45, 2.75) is 25.3 Å². The standard InChI is InChI=1S/C13H14ClF2NO2/c14-13-9(15)5-8(6-10(13)16)11-3-7(1-2-17-11)4-12(18)19/h5-7,11,17H,1-4H2,(H,18,19). The Labute approximate surface area is 114 Å². The van der Waals surface area contributed by atoms with Crippen LogP contribution in [0.4, 0.5) is 8.78 Å². The van der Waals surface area contributed by atoms with Gasteiger partial charge in [0.15, 0.2) is 0 Å². The van der Waals surface area contributed by atoms with E-state index in [4.69, 9.17) is 16.7 Å². The maximum Gasteiger partial charge on any atom is 0.303 e. The van der Waals surface area contributed by atoms with Gasteiger partial charge in [-0.05, 0) is 43.0 Å². The fourth-order valence-electron chi connectivity index (χ4n) is 2.46. The lowest BCUT2D eigenvalue weighted by Gasteiger charge is -2.30. The van der Waals surface area contributed by atoms with Gasteiger partial charge in [0.05, 0.1) is 0 Å². The zero-order valence-electron chi connectivity index (χ0n) is 10.1. The summed E-state index contributed by atoms with van der Waals surface area (Å²) in [6.07, 6.45) is 1.38. The Hall–Kier alpha value is -1.20. The Balaban J connectivity index is 2.15. The van der Waals surface area contributed by atoms with Gasteiger partial charge in [-0.15, -0.1) is 0 Å². The number of halogens is 3. The van der Waals surface area contributed by atoms with Crippen LogP contribution in [0.25, 0.3) is 0 Å². The quantitative estimate of drug-likeness (QED) is 0.841. The fourth-order valence-corrected chi connectivity index (χ4v) is 2.57. The molecule has 0 radical (unpaired) electrons. The summed E-state index contributed by atoms with van der Waals surface area (Å²) in [5.41, 5.74) is 0.467. The van der Waals surface area contributed by atoms with Crippen molar-refractivity contribution < 1.29 is 18.7 Å². The highest BCUT2D eigenvalue weighted by atomic mass is 35.5. The monoisotopic (exact) mass is 289 g/mol. The molecule has 104 valence electrons. The van der Waals surface area contributed by atoms with E-state index < -0.39 is 22.6 Å². The summed E-state index contributed by atoms with van der Waals surface area (Å²) in [5, 5.41) is 11.4. The molecule has 1 aromatic carbocycles. The van der Waals surface area contributed by atoms with Gasteiger partial charge in [0.1, 0.15) is 16.7 Å². The summed E-state index contributed by atoms with van der Waals surface area (Å²) in [6, 6.07) is 2.16. The van der Waals surface area contributed by atoms with Crippen molar-refractivity contribution in [3.8, 4) is 0 Å². The minimum atomic E-state index is -0.848. The molecule has 1 heterocycles. The lowest BCUT2D eigenvalue weighted by atomic mass is 9.86. The van der Waals surface area contributed by atoms with Crippen molar-refractivity contribution in [1.82, 2.24) is 5.32 Å². The van der Waals surface area contributed by atoms with Crippen LogP contribution < -0.4 is 5.32 Å². The molecule has 1 aliphatic heterocycles. The Morgan fingerprint density at radius 1 is 1.42 bits per heavy atom. The maximum atomic E-state index is 13.4. The first kappa shape index (κ1) is 14.2. The third-order valence-corrected chi connectivity index (χ3v) is 3.75. The van der Waals surface area contributed by atoms with Crippen molar-refractivity contribution >= 4 is 17.6 Å². The van der Waals surface area contributed by atoms with Gasteiger partial charge in [0, 0.05) is 12.5 Å². The highest BCUT2D eigenvalue weighted by molar-refractivity contribution is 6.30. The summed E-state index contributed by atoms with van der Waals surface area (Å²) in [4.78, 5) is 10.7. The van der Waals surface area contributed by atoms with E-state index in [1.54, 1.807) is 0 Å². The zero-order valence-corrected chi connectivity index (χ0v) is 10.9. The number of aliphatic carboxylic acids is 1. The van der Waals surface area contributed by atoms with Gasteiger partial charge in [-0.2, -0.15) is 0 Å². The first-order valence-corrected chi connectivity index (χ1v) is 6.44. The van der Waals surface area contributed by atoms with E-state index in [0.29, 0.717) is 18.5 Å². The minimum Gasteiger partial charge on any atom is -0.481 e. The van der Waals surface area contributed by atoms with E-state index in [-0.39, 0.29) is 18.4 Å². The van der Waals surface area contributed by atoms with E-state index in [1.165, 1.54) is 12.1 Å². The van der Waals surface area contributed by atoms with Crippen LogP contribution in [0.15, 0.2) is 12.1 Å². The number of carboxylic acid groups (broad SMARTS) is 1. The van der Waals surface area contributed by atoms with E-state index in [1.807, 2.05) is 0 Å². The molecule has 19 heavy (non-hydrogen) atoms. The molecule has 0 spiro atoms. The van der Waals surface area contributed by atoms with Crippen LogP contribution in [-0.4, -0.2) is 17.6 Å². The molecule has 1 fully saturated rings. The van der Waals surface area contributed by atoms with Crippen LogP contribution >= 0.6 is 11.6 Å². The van der Waals surface area contributed by atoms with Gasteiger partial charge in [0.2, 0.25) is 0 Å². The second kappa shape index (κ2) is 5.84. The summed E-state index contributed by atoms with van der Waals surface area (Å²) >= 11 is 5.44. The minimum absolute atomic E-state index is 0.0190. The topological polar surface area (TPSA) is 49.3 Å². The molecule has 2 atom stereocenters. The van der Waals surface area contributed by atoms with Crippen molar-refractivity contribution in [1.29, 1.82) is 0 Å². The highest BCUT2D eigenvalue weighted by Gasteiger charge is 2.25. The molecule has 2 unspecified atom stereocenters. The van der Waals surface area contributed by atoms with Crippen LogP contribution in [-0.2, 0) is 4.79 Å². The summed E-state index contributed by atoms with van der Waals surface area (Å²) < 4.78 is 26.8. The van der Waals surface area contributed by atoms with E-state index in [2.05, 4.69) is 5.32 Å². The molecule has 2 rings (SSSR count). The second-order valence-electron chi connectivity index (χ2n) is 4.79. The molecule has 1 aromatic rings. The number of nitrogens with one attached hydrogen (secondary N) is 1. The number of carbonyl (C=O) groups is 1. The van der Waals surface area contributed by atoms with Crippen molar-refractivity contribution in [3.05, 3.63) is 34.4 Å². The molecule has 2 N–H and O–H groups in total. The first-order valence-electron chi connectivity index (χ1n) is 6.07. The average Bonchev–Trinajstić information content (AvgIpc) is 2.35. The van der Waals surface area contributed by atoms with Crippen LogP contribution in [0.3, 0.4) is 0 Å². The van der Waals surface area contributed by atoms with E-state index >= 15 is 0 Å². The summed E-state index contributed by atoms with van der Waals surface area (Å²) in [5.74, 6) is -2.41. The lowest BCUT2D eigenvalue weighted by Crippen LogP contribution is -2.32. The molecule has 0 bridgehead atoms. The predicted molar refractivity (Wildman–Crippen MR) is 67.1 cm³/mol. The molecule has 0 aliphatic carbocycles. The number of benzene rings is 1. The number of rotatable bonds is 3. The fraction of sp³-hybridized carbons (Fsp3) is 0.462. The summed E-state index contributed by atoms with van der Waals surface area (Å²) in [6.45, 7) is 0.633. The van der Waals surface area contributed by atoms with Gasteiger partial charge < -0.3 is 10.4 Å². The Morgan fingerprint density at radius 2 is 2.05 bits per heavy atom. The molecule has 3 nitrogen and oxygen atoms in total. The van der Waals surface area contributed by atoms with Gasteiger partial charge in [0.25, 0.3) is 0 Å². The third-order valence-electron chi connectivity index (χ3n) is 3.38. The second-order valence-corrected chi connectivity index (χ2v) is 5.17.